The largest absolute Gasteiger partial charge is 0.317 e. The lowest BCUT2D eigenvalue weighted by molar-refractivity contribution is -0.129. The number of nitrogens with zero attached hydrogens (tertiary/aromatic N) is 1. The third-order valence-corrected chi connectivity index (χ3v) is 4.43. The molecule has 0 aromatic carbocycles. The number of piperidine rings is 1. The number of Topliss-reactive ketones (excluding diaryl/α,β-unsaturated/α-hetero) is 1. The van der Waals surface area contributed by atoms with Crippen LogP contribution in [0.5, 0.6) is 0 Å². The van der Waals surface area contributed by atoms with Gasteiger partial charge < -0.3 is 5.32 Å². The van der Waals surface area contributed by atoms with Gasteiger partial charge in [0.1, 0.15) is 5.78 Å². The van der Waals surface area contributed by atoms with Gasteiger partial charge in [-0.3, -0.25) is 9.78 Å². The number of pyridine rings is 1. The van der Waals surface area contributed by atoms with Crippen molar-refractivity contribution in [3.63, 3.8) is 0 Å². The van der Waals surface area contributed by atoms with Crippen molar-refractivity contribution in [1.82, 2.24) is 10.3 Å². The zero-order chi connectivity index (χ0) is 13.0. The number of hydrogen-bond acceptors (Lipinski definition) is 3. The minimum atomic E-state index is -0.125. The van der Waals surface area contributed by atoms with Crippen LogP contribution in [0, 0.1) is 5.41 Å². The first-order chi connectivity index (χ1) is 8.66. The number of hydrogen-bond donors (Lipinski definition) is 1. The van der Waals surface area contributed by atoms with Crippen LogP contribution in [0.4, 0.5) is 0 Å². The van der Waals surface area contributed by atoms with Gasteiger partial charge in [-0.2, -0.15) is 0 Å². The molecule has 1 N–H and O–H groups in total. The Kier molecular flexibility index (Phi) is 4.51. The molecule has 98 valence electrons. The molecule has 1 aliphatic heterocycles. The van der Waals surface area contributed by atoms with Crippen molar-refractivity contribution in [2.75, 3.05) is 13.1 Å². The highest BCUT2D eigenvalue weighted by Gasteiger charge is 2.37. The molecule has 0 radical (unpaired) electrons. The van der Waals surface area contributed by atoms with Crippen molar-refractivity contribution in [2.45, 2.75) is 32.6 Å². The summed E-state index contributed by atoms with van der Waals surface area (Å²) in [5.41, 5.74) is 0.745. The average molecular weight is 311 g/mol. The maximum absolute atomic E-state index is 12.5. The van der Waals surface area contributed by atoms with Crippen molar-refractivity contribution >= 4 is 21.7 Å². The van der Waals surface area contributed by atoms with E-state index in [1.165, 1.54) is 0 Å². The van der Waals surface area contributed by atoms with Crippen molar-refractivity contribution in [3.8, 4) is 0 Å². The number of nitrogens with one attached hydrogen (secondary N) is 1. The van der Waals surface area contributed by atoms with Gasteiger partial charge in [0.15, 0.2) is 0 Å². The van der Waals surface area contributed by atoms with Crippen LogP contribution >= 0.6 is 15.9 Å². The summed E-state index contributed by atoms with van der Waals surface area (Å²) in [5, 5.41) is 3.33. The second-order valence-corrected chi connectivity index (χ2v) is 5.87. The molecule has 0 amide bonds. The highest BCUT2D eigenvalue weighted by Crippen LogP contribution is 2.34. The normalized spacial score (nSPS) is 18.6. The molecule has 1 aliphatic rings. The Morgan fingerprint density at radius 1 is 1.44 bits per heavy atom. The minimum absolute atomic E-state index is 0.125. The van der Waals surface area contributed by atoms with Gasteiger partial charge >= 0.3 is 0 Å². The molecule has 1 saturated heterocycles. The fraction of sp³-hybridized carbons (Fsp3) is 0.571. The van der Waals surface area contributed by atoms with Gasteiger partial charge in [0, 0.05) is 28.2 Å². The molecule has 2 rings (SSSR count). The molecule has 18 heavy (non-hydrogen) atoms. The van der Waals surface area contributed by atoms with Crippen molar-refractivity contribution in [1.29, 1.82) is 0 Å². The summed E-state index contributed by atoms with van der Waals surface area (Å²) in [6.45, 7) is 4.03. The summed E-state index contributed by atoms with van der Waals surface area (Å²) in [6.07, 6.45) is 5.06. The molecule has 2 heterocycles. The summed E-state index contributed by atoms with van der Waals surface area (Å²) >= 11 is 3.36. The Morgan fingerprint density at radius 2 is 2.17 bits per heavy atom. The number of aromatic nitrogens is 1. The van der Waals surface area contributed by atoms with Gasteiger partial charge in [0.2, 0.25) is 0 Å². The number of halogens is 1. The first-order valence-corrected chi connectivity index (χ1v) is 7.30. The summed E-state index contributed by atoms with van der Waals surface area (Å²) in [5.74, 6) is 0.348. The van der Waals surface area contributed by atoms with Gasteiger partial charge in [0.05, 0.1) is 0 Å². The molecular weight excluding hydrogens is 292 g/mol. The van der Waals surface area contributed by atoms with Gasteiger partial charge in [-0.1, -0.05) is 6.92 Å². The van der Waals surface area contributed by atoms with E-state index in [0.29, 0.717) is 12.2 Å². The van der Waals surface area contributed by atoms with Crippen LogP contribution in [-0.2, 0) is 11.2 Å². The van der Waals surface area contributed by atoms with E-state index in [0.717, 1.165) is 42.5 Å². The van der Waals surface area contributed by atoms with E-state index in [-0.39, 0.29) is 5.41 Å². The number of ketones is 1. The van der Waals surface area contributed by atoms with E-state index in [2.05, 4.69) is 33.2 Å². The molecule has 0 unspecified atom stereocenters. The molecule has 1 aromatic rings. The van der Waals surface area contributed by atoms with E-state index in [4.69, 9.17) is 0 Å². The summed E-state index contributed by atoms with van der Waals surface area (Å²) < 4.78 is 0.950. The van der Waals surface area contributed by atoms with E-state index in [1.54, 1.807) is 6.20 Å². The third-order valence-electron chi connectivity index (χ3n) is 3.96. The Balaban J connectivity index is 2.07. The maximum atomic E-state index is 12.5. The summed E-state index contributed by atoms with van der Waals surface area (Å²) in [6, 6.07) is 3.86. The van der Waals surface area contributed by atoms with Crippen LogP contribution in [0.1, 0.15) is 31.9 Å². The second kappa shape index (κ2) is 5.93. The quantitative estimate of drug-likeness (QED) is 0.930. The first kappa shape index (κ1) is 13.7. The Labute approximate surface area is 117 Å². The number of carbonyl (C=O) groups is 1. The minimum Gasteiger partial charge on any atom is -0.317 e. The van der Waals surface area contributed by atoms with E-state index >= 15 is 0 Å². The molecule has 0 spiro atoms. The third kappa shape index (κ3) is 2.98. The molecule has 0 bridgehead atoms. The fourth-order valence-corrected chi connectivity index (χ4v) is 2.83. The topological polar surface area (TPSA) is 42.0 Å². The summed E-state index contributed by atoms with van der Waals surface area (Å²) in [4.78, 5) is 16.8. The van der Waals surface area contributed by atoms with Crippen LogP contribution in [-0.4, -0.2) is 23.9 Å². The van der Waals surface area contributed by atoms with Gasteiger partial charge in [-0.25, -0.2) is 0 Å². The van der Waals surface area contributed by atoms with Gasteiger partial charge in [0.25, 0.3) is 0 Å². The van der Waals surface area contributed by atoms with Crippen LogP contribution in [0.25, 0.3) is 0 Å². The lowest BCUT2D eigenvalue weighted by atomic mass is 9.72. The standard InChI is InChI=1S/C14H19BrN2O/c1-2-14(5-7-16-8-6-14)13(18)9-12-4-3-11(15)10-17-12/h3-4,10,16H,2,5-9H2,1H3. The molecule has 0 atom stereocenters. The highest BCUT2D eigenvalue weighted by molar-refractivity contribution is 9.10. The summed E-state index contributed by atoms with van der Waals surface area (Å²) in [7, 11) is 0. The lowest BCUT2D eigenvalue weighted by Gasteiger charge is -2.35. The predicted molar refractivity (Wildman–Crippen MR) is 75.5 cm³/mol. The van der Waals surface area contributed by atoms with Crippen molar-refractivity contribution in [3.05, 3.63) is 28.5 Å². The average Bonchev–Trinajstić information content (AvgIpc) is 2.42. The predicted octanol–water partition coefficient (Wildman–Crippen LogP) is 2.74. The molecule has 1 aromatic heterocycles. The van der Waals surface area contributed by atoms with Crippen LogP contribution in [0.3, 0.4) is 0 Å². The highest BCUT2D eigenvalue weighted by atomic mass is 79.9. The Morgan fingerprint density at radius 3 is 2.72 bits per heavy atom. The molecule has 3 nitrogen and oxygen atoms in total. The molecule has 0 saturated carbocycles. The van der Waals surface area contributed by atoms with Crippen molar-refractivity contribution in [2.24, 2.45) is 5.41 Å². The maximum Gasteiger partial charge on any atom is 0.145 e. The van der Waals surface area contributed by atoms with Crippen molar-refractivity contribution < 1.29 is 4.79 Å². The Hall–Kier alpha value is -0.740. The number of rotatable bonds is 4. The van der Waals surface area contributed by atoms with Crippen LogP contribution in [0.15, 0.2) is 22.8 Å². The lowest BCUT2D eigenvalue weighted by Crippen LogP contribution is -2.42. The van der Waals surface area contributed by atoms with E-state index in [9.17, 15) is 4.79 Å². The van der Waals surface area contributed by atoms with Crippen LogP contribution in [0.2, 0.25) is 0 Å². The zero-order valence-electron chi connectivity index (χ0n) is 10.7. The number of carbonyl (C=O) groups excluding carboxylic acids is 1. The van der Waals surface area contributed by atoms with E-state index in [1.807, 2.05) is 12.1 Å². The first-order valence-electron chi connectivity index (χ1n) is 6.51. The molecule has 1 fully saturated rings. The van der Waals surface area contributed by atoms with Crippen LogP contribution < -0.4 is 5.32 Å². The SMILES string of the molecule is CCC1(C(=O)Cc2ccc(Br)cn2)CCNCC1. The molecular formula is C14H19BrN2O. The second-order valence-electron chi connectivity index (χ2n) is 4.95. The molecule has 0 aliphatic carbocycles. The molecule has 4 heteroatoms. The van der Waals surface area contributed by atoms with Gasteiger partial charge in [-0.15, -0.1) is 0 Å². The Bertz CT molecular complexity index is 410. The zero-order valence-corrected chi connectivity index (χ0v) is 12.3. The smallest absolute Gasteiger partial charge is 0.145 e. The van der Waals surface area contributed by atoms with Gasteiger partial charge in [-0.05, 0) is 60.4 Å². The van der Waals surface area contributed by atoms with E-state index < -0.39 is 0 Å². The fourth-order valence-electron chi connectivity index (χ4n) is 2.60. The monoisotopic (exact) mass is 310 g/mol.